The number of rotatable bonds is 4. The Kier molecular flexibility index (Phi) is 4.82. The third kappa shape index (κ3) is 3.73. The van der Waals surface area contributed by atoms with Gasteiger partial charge >= 0.3 is 0 Å². The summed E-state index contributed by atoms with van der Waals surface area (Å²) in [5, 5.41) is 11.3. The molecule has 0 unspecified atom stereocenters. The first-order valence-corrected chi connectivity index (χ1v) is 2.78. The van der Waals surface area contributed by atoms with Gasteiger partial charge in [-0.25, -0.2) is 0 Å². The average molecular weight is 128 g/mol. The lowest BCUT2D eigenvalue weighted by atomic mass is 10.3. The minimum absolute atomic E-state index is 0.141. The highest BCUT2D eigenvalue weighted by Crippen LogP contribution is 1.92. The molecule has 0 aromatic carbocycles. The van der Waals surface area contributed by atoms with Crippen LogP contribution in [0.1, 0.15) is 6.42 Å². The first kappa shape index (κ1) is 8.17. The van der Waals surface area contributed by atoms with Crippen LogP contribution in [0.5, 0.6) is 0 Å². The summed E-state index contributed by atoms with van der Waals surface area (Å²) < 4.78 is 0. The highest BCUT2D eigenvalue weighted by Gasteiger charge is 1.88. The van der Waals surface area contributed by atoms with E-state index in [1.807, 2.05) is 0 Å². The molecular formula is C6H12N2O. The van der Waals surface area contributed by atoms with E-state index in [1.165, 1.54) is 0 Å². The first-order chi connectivity index (χ1) is 4.35. The predicted molar refractivity (Wildman–Crippen MR) is 38.4 cm³/mol. The van der Waals surface area contributed by atoms with Gasteiger partial charge in [0.2, 0.25) is 0 Å². The lowest BCUT2D eigenvalue weighted by Crippen LogP contribution is -2.06. The molecule has 0 rings (SSSR count). The fourth-order valence-electron chi connectivity index (χ4n) is 0.485. The monoisotopic (exact) mass is 128 g/mol. The van der Waals surface area contributed by atoms with Gasteiger partial charge in [-0.15, -0.1) is 0 Å². The standard InChI is InChI=1S/C6H12N2O/c1-7-5-6(8-2)3-4-9/h5,8-9H,1,3-4H2,2H3/b6-5-. The third-order valence-corrected chi connectivity index (χ3v) is 0.949. The maximum Gasteiger partial charge on any atom is 0.0486 e. The Morgan fingerprint density at radius 3 is 2.89 bits per heavy atom. The minimum Gasteiger partial charge on any atom is -0.396 e. The number of aliphatic imine (C=N–C) groups is 1. The molecule has 0 aliphatic carbocycles. The number of aliphatic hydroxyl groups excluding tert-OH is 1. The quantitative estimate of drug-likeness (QED) is 0.528. The van der Waals surface area contributed by atoms with Gasteiger partial charge in [-0.05, 0) is 6.72 Å². The maximum atomic E-state index is 8.45. The van der Waals surface area contributed by atoms with E-state index in [0.29, 0.717) is 6.42 Å². The molecule has 0 heterocycles. The molecule has 0 aliphatic heterocycles. The Morgan fingerprint density at radius 2 is 2.56 bits per heavy atom. The fourth-order valence-corrected chi connectivity index (χ4v) is 0.485. The van der Waals surface area contributed by atoms with Gasteiger partial charge < -0.3 is 10.4 Å². The summed E-state index contributed by atoms with van der Waals surface area (Å²) in [6.07, 6.45) is 2.20. The van der Waals surface area contributed by atoms with E-state index in [2.05, 4.69) is 17.0 Å². The van der Waals surface area contributed by atoms with Gasteiger partial charge in [0, 0.05) is 32.0 Å². The molecule has 0 aromatic heterocycles. The zero-order valence-electron chi connectivity index (χ0n) is 5.59. The SMILES string of the molecule is C=N/C=C(/CCO)NC. The Bertz CT molecular complexity index is 110. The molecular weight excluding hydrogens is 116 g/mol. The number of hydrogen-bond acceptors (Lipinski definition) is 3. The molecule has 2 N–H and O–H groups in total. The Balaban J connectivity index is 3.66. The van der Waals surface area contributed by atoms with Crippen molar-refractivity contribution in [1.82, 2.24) is 5.32 Å². The van der Waals surface area contributed by atoms with E-state index in [4.69, 9.17) is 5.11 Å². The summed E-state index contributed by atoms with van der Waals surface area (Å²) in [5.41, 5.74) is 0.896. The largest absolute Gasteiger partial charge is 0.396 e. The van der Waals surface area contributed by atoms with Crippen LogP contribution < -0.4 is 5.32 Å². The van der Waals surface area contributed by atoms with E-state index >= 15 is 0 Å². The zero-order chi connectivity index (χ0) is 7.11. The van der Waals surface area contributed by atoms with Crippen LogP contribution in [0.4, 0.5) is 0 Å². The topological polar surface area (TPSA) is 44.6 Å². The molecule has 0 aromatic rings. The Morgan fingerprint density at radius 1 is 1.89 bits per heavy atom. The molecule has 0 saturated carbocycles. The van der Waals surface area contributed by atoms with Crippen molar-refractivity contribution in [1.29, 1.82) is 0 Å². The van der Waals surface area contributed by atoms with E-state index in [9.17, 15) is 0 Å². The second-order valence-corrected chi connectivity index (χ2v) is 1.56. The molecule has 0 aliphatic rings. The van der Waals surface area contributed by atoms with Gasteiger partial charge in [-0.1, -0.05) is 0 Å². The lowest BCUT2D eigenvalue weighted by molar-refractivity contribution is 0.297. The molecule has 0 bridgehead atoms. The van der Waals surface area contributed by atoms with Crippen LogP contribution in [0.25, 0.3) is 0 Å². The third-order valence-electron chi connectivity index (χ3n) is 0.949. The van der Waals surface area contributed by atoms with Crippen LogP contribution in [0, 0.1) is 0 Å². The van der Waals surface area contributed by atoms with Crippen LogP contribution in [-0.2, 0) is 0 Å². The predicted octanol–water partition coefficient (Wildman–Crippen LogP) is 0.130. The van der Waals surface area contributed by atoms with E-state index < -0.39 is 0 Å². The van der Waals surface area contributed by atoms with Gasteiger partial charge in [-0.2, -0.15) is 0 Å². The Labute approximate surface area is 55.1 Å². The van der Waals surface area contributed by atoms with E-state index in [-0.39, 0.29) is 6.61 Å². The van der Waals surface area contributed by atoms with Crippen molar-refractivity contribution in [2.45, 2.75) is 6.42 Å². The van der Waals surface area contributed by atoms with E-state index in [0.717, 1.165) is 5.70 Å². The van der Waals surface area contributed by atoms with Crippen LogP contribution in [-0.4, -0.2) is 25.5 Å². The molecule has 0 fully saturated rings. The zero-order valence-corrected chi connectivity index (χ0v) is 5.59. The first-order valence-electron chi connectivity index (χ1n) is 2.78. The van der Waals surface area contributed by atoms with Gasteiger partial charge in [0.05, 0.1) is 0 Å². The summed E-state index contributed by atoms with van der Waals surface area (Å²) in [6, 6.07) is 0. The van der Waals surface area contributed by atoms with Crippen molar-refractivity contribution >= 4 is 6.72 Å². The lowest BCUT2D eigenvalue weighted by Gasteiger charge is -2.00. The molecule has 9 heavy (non-hydrogen) atoms. The molecule has 52 valence electrons. The van der Waals surface area contributed by atoms with Crippen molar-refractivity contribution in [3.63, 3.8) is 0 Å². The normalized spacial score (nSPS) is 11.1. The van der Waals surface area contributed by atoms with Crippen LogP contribution in [0.3, 0.4) is 0 Å². The number of hydrogen-bond donors (Lipinski definition) is 2. The second-order valence-electron chi connectivity index (χ2n) is 1.56. The van der Waals surface area contributed by atoms with Gasteiger partial charge in [0.1, 0.15) is 0 Å². The van der Waals surface area contributed by atoms with Gasteiger partial charge in [-0.3, -0.25) is 4.99 Å². The summed E-state index contributed by atoms with van der Waals surface area (Å²) in [5.74, 6) is 0. The molecule has 0 radical (unpaired) electrons. The van der Waals surface area contributed by atoms with Gasteiger partial charge in [0.25, 0.3) is 0 Å². The summed E-state index contributed by atoms with van der Waals surface area (Å²) >= 11 is 0. The summed E-state index contributed by atoms with van der Waals surface area (Å²) in [6.45, 7) is 3.42. The molecule has 0 spiro atoms. The highest BCUT2D eigenvalue weighted by molar-refractivity contribution is 5.26. The van der Waals surface area contributed by atoms with Crippen molar-refractivity contribution in [3.05, 3.63) is 11.9 Å². The second kappa shape index (κ2) is 5.31. The van der Waals surface area contributed by atoms with Crippen molar-refractivity contribution in [2.24, 2.45) is 4.99 Å². The van der Waals surface area contributed by atoms with Crippen LogP contribution >= 0.6 is 0 Å². The fraction of sp³-hybridized carbons (Fsp3) is 0.500. The molecule has 0 amide bonds. The van der Waals surface area contributed by atoms with E-state index in [1.54, 1.807) is 13.2 Å². The van der Waals surface area contributed by atoms with Crippen molar-refractivity contribution < 1.29 is 5.11 Å². The van der Waals surface area contributed by atoms with Gasteiger partial charge in [0.15, 0.2) is 0 Å². The number of aliphatic hydroxyl groups is 1. The van der Waals surface area contributed by atoms with Crippen molar-refractivity contribution in [3.8, 4) is 0 Å². The highest BCUT2D eigenvalue weighted by atomic mass is 16.3. The Hall–Kier alpha value is -0.830. The smallest absolute Gasteiger partial charge is 0.0486 e. The molecule has 3 nitrogen and oxygen atoms in total. The summed E-state index contributed by atoms with van der Waals surface area (Å²) in [7, 11) is 1.78. The number of nitrogens with zero attached hydrogens (tertiary/aromatic N) is 1. The number of nitrogens with one attached hydrogen (secondary N) is 1. The van der Waals surface area contributed by atoms with Crippen molar-refractivity contribution in [2.75, 3.05) is 13.7 Å². The summed E-state index contributed by atoms with van der Waals surface area (Å²) in [4.78, 5) is 3.54. The molecule has 3 heteroatoms. The molecule has 0 atom stereocenters. The molecule has 0 saturated heterocycles. The van der Waals surface area contributed by atoms with Crippen LogP contribution in [0.15, 0.2) is 16.9 Å². The van der Waals surface area contributed by atoms with Crippen LogP contribution in [0.2, 0.25) is 0 Å². The average Bonchev–Trinajstić information content (AvgIpc) is 1.88. The minimum atomic E-state index is 0.141. The maximum absolute atomic E-state index is 8.45.